The fourth-order valence-electron chi connectivity index (χ4n) is 4.44. The lowest BCUT2D eigenvalue weighted by molar-refractivity contribution is -0.151. The van der Waals surface area contributed by atoms with E-state index in [1.165, 1.54) is 5.56 Å². The Labute approximate surface area is 146 Å². The van der Waals surface area contributed by atoms with Gasteiger partial charge in [0.1, 0.15) is 5.60 Å². The van der Waals surface area contributed by atoms with Crippen LogP contribution in [0, 0.1) is 0 Å². The van der Waals surface area contributed by atoms with Crippen LogP contribution in [0.3, 0.4) is 0 Å². The maximum absolute atomic E-state index is 11.1. The average Bonchev–Trinajstić information content (AvgIpc) is 3.37. The zero-order valence-corrected chi connectivity index (χ0v) is 14.1. The van der Waals surface area contributed by atoms with Crippen molar-refractivity contribution in [2.45, 2.75) is 55.8 Å². The summed E-state index contributed by atoms with van der Waals surface area (Å²) >= 11 is 0. The lowest BCUT2D eigenvalue weighted by Gasteiger charge is -2.30. The van der Waals surface area contributed by atoms with Gasteiger partial charge in [0, 0.05) is 25.2 Å². The first-order chi connectivity index (χ1) is 12.2. The third-order valence-electron chi connectivity index (χ3n) is 5.86. The van der Waals surface area contributed by atoms with E-state index in [-0.39, 0.29) is 5.92 Å². The van der Waals surface area contributed by atoms with Crippen molar-refractivity contribution in [1.82, 2.24) is 10.1 Å². The van der Waals surface area contributed by atoms with Crippen molar-refractivity contribution in [3.8, 4) is 0 Å². The predicted molar refractivity (Wildman–Crippen MR) is 87.9 cm³/mol. The number of hydrogen-bond donors (Lipinski definition) is 1. The van der Waals surface area contributed by atoms with E-state index in [9.17, 15) is 5.11 Å². The summed E-state index contributed by atoms with van der Waals surface area (Å²) in [6.07, 6.45) is 4.48. The highest BCUT2D eigenvalue weighted by Gasteiger charge is 2.47. The zero-order valence-electron chi connectivity index (χ0n) is 14.1. The number of hydrogen-bond acceptors (Lipinski definition) is 6. The highest BCUT2D eigenvalue weighted by atomic mass is 16.7. The zero-order chi connectivity index (χ0) is 16.9. The normalized spacial score (nSPS) is 30.7. The Hall–Kier alpha value is -1.76. The van der Waals surface area contributed by atoms with Crippen molar-refractivity contribution in [2.75, 3.05) is 13.2 Å². The van der Waals surface area contributed by atoms with Crippen molar-refractivity contribution < 1.29 is 19.1 Å². The van der Waals surface area contributed by atoms with E-state index in [4.69, 9.17) is 14.0 Å². The molecule has 6 nitrogen and oxygen atoms in total. The lowest BCUT2D eigenvalue weighted by Crippen LogP contribution is -2.33. The van der Waals surface area contributed by atoms with Crippen molar-refractivity contribution >= 4 is 0 Å². The molecule has 1 saturated heterocycles. The second-order valence-electron chi connectivity index (χ2n) is 7.48. The molecule has 1 saturated carbocycles. The molecular weight excluding hydrogens is 320 g/mol. The molecule has 25 heavy (non-hydrogen) atoms. The second-order valence-corrected chi connectivity index (χ2v) is 7.48. The SMILES string of the molecule is OC1(c2nc(C3CCC4(C3)OCCO4)no2)CCc2ccccc2C1. The smallest absolute Gasteiger partial charge is 0.258 e. The van der Waals surface area contributed by atoms with E-state index in [2.05, 4.69) is 22.3 Å². The Balaban J connectivity index is 1.36. The summed E-state index contributed by atoms with van der Waals surface area (Å²) in [7, 11) is 0. The summed E-state index contributed by atoms with van der Waals surface area (Å²) in [6.45, 7) is 1.31. The van der Waals surface area contributed by atoms with Crippen LogP contribution in [0.2, 0.25) is 0 Å². The van der Waals surface area contributed by atoms with Crippen LogP contribution < -0.4 is 0 Å². The fourth-order valence-corrected chi connectivity index (χ4v) is 4.44. The van der Waals surface area contributed by atoms with E-state index in [0.717, 1.165) is 31.2 Å². The van der Waals surface area contributed by atoms with Crippen LogP contribution in [0.25, 0.3) is 0 Å². The Morgan fingerprint density at radius 3 is 2.72 bits per heavy atom. The number of ether oxygens (including phenoxy) is 2. The minimum atomic E-state index is -1.07. The summed E-state index contributed by atoms with van der Waals surface area (Å²) < 4.78 is 17.0. The average molecular weight is 342 g/mol. The molecule has 2 heterocycles. The summed E-state index contributed by atoms with van der Waals surface area (Å²) in [5, 5.41) is 15.3. The van der Waals surface area contributed by atoms with E-state index < -0.39 is 11.4 Å². The molecule has 0 radical (unpaired) electrons. The third kappa shape index (κ3) is 2.60. The van der Waals surface area contributed by atoms with Gasteiger partial charge in [-0.1, -0.05) is 29.4 Å². The number of fused-ring (bicyclic) bond motifs is 1. The maximum atomic E-state index is 11.1. The number of aryl methyl sites for hydroxylation is 1. The van der Waals surface area contributed by atoms with E-state index in [0.29, 0.717) is 37.8 Å². The molecule has 132 valence electrons. The topological polar surface area (TPSA) is 77.6 Å². The minimum absolute atomic E-state index is 0.162. The van der Waals surface area contributed by atoms with Crippen LogP contribution in [-0.4, -0.2) is 34.2 Å². The van der Waals surface area contributed by atoms with Gasteiger partial charge in [0.25, 0.3) is 5.89 Å². The van der Waals surface area contributed by atoms with Gasteiger partial charge in [0.05, 0.1) is 13.2 Å². The molecule has 1 aromatic carbocycles. The van der Waals surface area contributed by atoms with Crippen LogP contribution >= 0.6 is 0 Å². The number of nitrogens with zero attached hydrogens (tertiary/aromatic N) is 2. The summed E-state index contributed by atoms with van der Waals surface area (Å²) in [4.78, 5) is 4.58. The van der Waals surface area contributed by atoms with Crippen LogP contribution in [-0.2, 0) is 27.9 Å². The fraction of sp³-hybridized carbons (Fsp3) is 0.579. The molecule has 3 aliphatic rings. The first-order valence-electron chi connectivity index (χ1n) is 9.07. The Bertz CT molecular complexity index is 783. The Morgan fingerprint density at radius 1 is 1.08 bits per heavy atom. The summed E-state index contributed by atoms with van der Waals surface area (Å²) in [6, 6.07) is 8.22. The molecule has 2 atom stereocenters. The molecule has 2 aliphatic carbocycles. The van der Waals surface area contributed by atoms with Crippen LogP contribution in [0.15, 0.2) is 28.8 Å². The van der Waals surface area contributed by atoms with Crippen LogP contribution in [0.5, 0.6) is 0 Å². The van der Waals surface area contributed by atoms with Crippen LogP contribution in [0.1, 0.15) is 54.4 Å². The van der Waals surface area contributed by atoms with E-state index in [1.54, 1.807) is 0 Å². The molecule has 2 aromatic rings. The van der Waals surface area contributed by atoms with Gasteiger partial charge in [0.2, 0.25) is 0 Å². The molecule has 2 fully saturated rings. The number of aliphatic hydroxyl groups is 1. The number of rotatable bonds is 2. The van der Waals surface area contributed by atoms with Crippen molar-refractivity contribution in [3.05, 3.63) is 47.1 Å². The standard InChI is InChI=1S/C19H22N2O4/c22-18(7-5-13-3-1-2-4-14(13)11-18)17-20-16(21-25-17)15-6-8-19(12-15)23-9-10-24-19/h1-4,15,22H,5-12H2. The molecular formula is C19H22N2O4. The van der Waals surface area contributed by atoms with Gasteiger partial charge in [-0.05, 0) is 30.4 Å². The van der Waals surface area contributed by atoms with Gasteiger partial charge in [0.15, 0.2) is 11.6 Å². The molecule has 5 rings (SSSR count). The van der Waals surface area contributed by atoms with Gasteiger partial charge < -0.3 is 19.1 Å². The molecule has 1 aromatic heterocycles. The highest BCUT2D eigenvalue weighted by molar-refractivity contribution is 5.32. The molecule has 6 heteroatoms. The number of aromatic nitrogens is 2. The first-order valence-corrected chi connectivity index (χ1v) is 9.07. The molecule has 1 spiro atoms. The van der Waals surface area contributed by atoms with Gasteiger partial charge in [-0.3, -0.25) is 0 Å². The van der Waals surface area contributed by atoms with Crippen molar-refractivity contribution in [1.29, 1.82) is 0 Å². The van der Waals surface area contributed by atoms with Crippen molar-refractivity contribution in [3.63, 3.8) is 0 Å². The summed E-state index contributed by atoms with van der Waals surface area (Å²) in [5.41, 5.74) is 1.37. The number of benzene rings is 1. The summed E-state index contributed by atoms with van der Waals surface area (Å²) in [5.74, 6) is 0.714. The van der Waals surface area contributed by atoms with E-state index in [1.807, 2.05) is 12.1 Å². The van der Waals surface area contributed by atoms with Crippen LogP contribution in [0.4, 0.5) is 0 Å². The van der Waals surface area contributed by atoms with E-state index >= 15 is 0 Å². The van der Waals surface area contributed by atoms with Gasteiger partial charge >= 0.3 is 0 Å². The second kappa shape index (κ2) is 5.62. The Kier molecular flexibility index (Phi) is 3.48. The largest absolute Gasteiger partial charge is 0.380 e. The molecule has 0 bridgehead atoms. The van der Waals surface area contributed by atoms with Crippen molar-refractivity contribution in [2.24, 2.45) is 0 Å². The molecule has 2 unspecified atom stereocenters. The quantitative estimate of drug-likeness (QED) is 0.903. The van der Waals surface area contributed by atoms with Gasteiger partial charge in [-0.15, -0.1) is 0 Å². The molecule has 0 amide bonds. The molecule has 1 aliphatic heterocycles. The van der Waals surface area contributed by atoms with Gasteiger partial charge in [-0.2, -0.15) is 4.98 Å². The Morgan fingerprint density at radius 2 is 1.88 bits per heavy atom. The lowest BCUT2D eigenvalue weighted by atomic mass is 9.80. The monoisotopic (exact) mass is 342 g/mol. The molecule has 1 N–H and O–H groups in total. The minimum Gasteiger partial charge on any atom is -0.380 e. The maximum Gasteiger partial charge on any atom is 0.258 e. The predicted octanol–water partition coefficient (Wildman–Crippen LogP) is 2.46. The first kappa shape index (κ1) is 15.5. The highest BCUT2D eigenvalue weighted by Crippen LogP contribution is 2.45. The third-order valence-corrected chi connectivity index (χ3v) is 5.86. The van der Waals surface area contributed by atoms with Gasteiger partial charge in [-0.25, -0.2) is 0 Å².